The number of nitrogens with one attached hydrogen (secondary N) is 1. The van der Waals surface area contributed by atoms with Crippen LogP contribution in [0.25, 0.3) is 0 Å². The molecule has 0 saturated carbocycles. The highest BCUT2D eigenvalue weighted by molar-refractivity contribution is 5.94. The average Bonchev–Trinajstić information content (AvgIpc) is 3.02. The van der Waals surface area contributed by atoms with Gasteiger partial charge in [0.25, 0.3) is 5.91 Å². The van der Waals surface area contributed by atoms with Gasteiger partial charge in [-0.05, 0) is 44.1 Å². The maximum Gasteiger partial charge on any atom is 0.253 e. The van der Waals surface area contributed by atoms with E-state index >= 15 is 0 Å². The van der Waals surface area contributed by atoms with E-state index in [0.717, 1.165) is 38.3 Å². The number of hydrogen-bond acceptors (Lipinski definition) is 3. The number of hydrogen-bond donors (Lipinski definition) is 1. The van der Waals surface area contributed by atoms with Gasteiger partial charge < -0.3 is 15.1 Å². The first-order valence-electron chi connectivity index (χ1n) is 7.55. The molecular weight excluding hydrogens is 250 g/mol. The van der Waals surface area contributed by atoms with Crippen molar-refractivity contribution in [3.63, 3.8) is 0 Å². The minimum absolute atomic E-state index is 0.179. The predicted molar refractivity (Wildman–Crippen MR) is 79.8 cm³/mol. The Balaban J connectivity index is 1.72. The molecule has 2 aliphatic heterocycles. The van der Waals surface area contributed by atoms with Crippen LogP contribution in [0.3, 0.4) is 0 Å². The van der Waals surface area contributed by atoms with E-state index in [1.165, 1.54) is 18.4 Å². The number of likely N-dealkylation sites (N-methyl/N-ethyl adjacent to an activating group) is 1. The normalized spacial score (nSPS) is 24.1. The van der Waals surface area contributed by atoms with Crippen LogP contribution in [0.5, 0.6) is 0 Å². The van der Waals surface area contributed by atoms with Gasteiger partial charge in [-0.25, -0.2) is 0 Å². The summed E-state index contributed by atoms with van der Waals surface area (Å²) in [6.07, 6.45) is 2.40. The van der Waals surface area contributed by atoms with E-state index in [0.29, 0.717) is 6.04 Å². The van der Waals surface area contributed by atoms with Crippen LogP contribution in [-0.4, -0.2) is 55.5 Å². The molecular formula is C16H23N3O. The Hall–Kier alpha value is -1.39. The summed E-state index contributed by atoms with van der Waals surface area (Å²) in [5.74, 6) is 0.179. The summed E-state index contributed by atoms with van der Waals surface area (Å²) in [7, 11) is 2.11. The van der Waals surface area contributed by atoms with Crippen molar-refractivity contribution in [2.24, 2.45) is 0 Å². The molecule has 1 aromatic carbocycles. The largest absolute Gasteiger partial charge is 0.336 e. The molecule has 2 heterocycles. The lowest BCUT2D eigenvalue weighted by atomic mass is 10.0. The lowest BCUT2D eigenvalue weighted by molar-refractivity contribution is 0.0664. The number of carbonyl (C=O) groups is 1. The lowest BCUT2D eigenvalue weighted by Crippen LogP contribution is -2.47. The van der Waals surface area contributed by atoms with E-state index in [1.54, 1.807) is 0 Å². The molecule has 1 unspecified atom stereocenters. The Kier molecular flexibility index (Phi) is 4.03. The molecule has 1 amide bonds. The molecule has 3 rings (SSSR count). The average molecular weight is 273 g/mol. The van der Waals surface area contributed by atoms with Crippen molar-refractivity contribution in [3.8, 4) is 0 Å². The number of nitrogens with zero attached hydrogens (tertiary/aromatic N) is 2. The van der Waals surface area contributed by atoms with Crippen LogP contribution in [0.15, 0.2) is 24.3 Å². The molecule has 1 N–H and O–H groups in total. The monoisotopic (exact) mass is 273 g/mol. The fraction of sp³-hybridized carbons (Fsp3) is 0.562. The van der Waals surface area contributed by atoms with Crippen molar-refractivity contribution in [1.82, 2.24) is 15.1 Å². The van der Waals surface area contributed by atoms with Gasteiger partial charge in [-0.15, -0.1) is 0 Å². The molecule has 0 bridgehead atoms. The third kappa shape index (κ3) is 2.86. The van der Waals surface area contributed by atoms with Crippen LogP contribution >= 0.6 is 0 Å². The van der Waals surface area contributed by atoms with Crippen molar-refractivity contribution in [2.75, 3.05) is 39.8 Å². The second kappa shape index (κ2) is 5.94. The zero-order valence-electron chi connectivity index (χ0n) is 12.1. The molecule has 0 radical (unpaired) electrons. The molecule has 20 heavy (non-hydrogen) atoms. The fourth-order valence-corrected chi connectivity index (χ4v) is 3.05. The van der Waals surface area contributed by atoms with Gasteiger partial charge >= 0.3 is 0 Å². The number of amides is 1. The van der Waals surface area contributed by atoms with Crippen LogP contribution in [0.2, 0.25) is 0 Å². The minimum atomic E-state index is 0.179. The Morgan fingerprint density at radius 2 is 2.05 bits per heavy atom. The van der Waals surface area contributed by atoms with Crippen LogP contribution in [-0.2, 0) is 0 Å². The van der Waals surface area contributed by atoms with Crippen molar-refractivity contribution >= 4 is 5.91 Å². The van der Waals surface area contributed by atoms with Crippen molar-refractivity contribution < 1.29 is 4.79 Å². The number of carbonyl (C=O) groups excluding carboxylic acids is 1. The van der Waals surface area contributed by atoms with E-state index in [2.05, 4.69) is 29.4 Å². The van der Waals surface area contributed by atoms with E-state index in [1.807, 2.05) is 17.0 Å². The highest BCUT2D eigenvalue weighted by Crippen LogP contribution is 2.24. The highest BCUT2D eigenvalue weighted by Gasteiger charge is 2.22. The van der Waals surface area contributed by atoms with Crippen molar-refractivity contribution in [3.05, 3.63) is 35.4 Å². The van der Waals surface area contributed by atoms with Crippen molar-refractivity contribution in [2.45, 2.75) is 18.9 Å². The smallest absolute Gasteiger partial charge is 0.253 e. The summed E-state index contributed by atoms with van der Waals surface area (Å²) in [5.41, 5.74) is 2.09. The summed E-state index contributed by atoms with van der Waals surface area (Å²) in [6, 6.07) is 8.58. The first-order chi connectivity index (χ1) is 9.74. The minimum Gasteiger partial charge on any atom is -0.336 e. The predicted octanol–water partition coefficient (Wildman–Crippen LogP) is 1.50. The summed E-state index contributed by atoms with van der Waals surface area (Å²) < 4.78 is 0. The lowest BCUT2D eigenvalue weighted by Gasteiger charge is -2.32. The maximum absolute atomic E-state index is 12.6. The zero-order valence-corrected chi connectivity index (χ0v) is 12.1. The second-order valence-electron chi connectivity index (χ2n) is 5.87. The first kappa shape index (κ1) is 13.6. The van der Waals surface area contributed by atoms with E-state index < -0.39 is 0 Å². The third-order valence-electron chi connectivity index (χ3n) is 4.39. The number of benzene rings is 1. The molecule has 108 valence electrons. The Morgan fingerprint density at radius 1 is 1.25 bits per heavy atom. The first-order valence-corrected chi connectivity index (χ1v) is 7.55. The standard InChI is InChI=1S/C16H23N3O/c1-18-8-10-19(11-9-18)16(20)14-5-2-4-13(12-14)15-6-3-7-17-15/h2,4-5,12,15,17H,3,6-11H2,1H3. The molecule has 0 aromatic heterocycles. The Bertz CT molecular complexity index is 474. The molecule has 1 aromatic rings. The van der Waals surface area contributed by atoms with Crippen molar-refractivity contribution in [1.29, 1.82) is 0 Å². The molecule has 4 heteroatoms. The van der Waals surface area contributed by atoms with E-state index in [4.69, 9.17) is 0 Å². The summed E-state index contributed by atoms with van der Waals surface area (Å²) >= 11 is 0. The van der Waals surface area contributed by atoms with Crippen LogP contribution in [0, 0.1) is 0 Å². The highest BCUT2D eigenvalue weighted by atomic mass is 16.2. The van der Waals surface area contributed by atoms with Gasteiger partial charge in [0.1, 0.15) is 0 Å². The van der Waals surface area contributed by atoms with Gasteiger partial charge in [-0.2, -0.15) is 0 Å². The van der Waals surface area contributed by atoms with Crippen LogP contribution < -0.4 is 5.32 Å². The number of rotatable bonds is 2. The Labute approximate surface area is 120 Å². The second-order valence-corrected chi connectivity index (χ2v) is 5.87. The van der Waals surface area contributed by atoms with E-state index in [9.17, 15) is 4.79 Å². The van der Waals surface area contributed by atoms with Gasteiger partial charge in [0, 0.05) is 37.8 Å². The van der Waals surface area contributed by atoms with Crippen LogP contribution in [0.1, 0.15) is 34.8 Å². The van der Waals surface area contributed by atoms with Crippen LogP contribution in [0.4, 0.5) is 0 Å². The Morgan fingerprint density at radius 3 is 2.75 bits per heavy atom. The summed E-state index contributed by atoms with van der Waals surface area (Å²) in [5, 5.41) is 3.49. The van der Waals surface area contributed by atoms with Gasteiger partial charge in [0.05, 0.1) is 0 Å². The SMILES string of the molecule is CN1CCN(C(=O)c2cccc(C3CCCN3)c2)CC1. The quantitative estimate of drug-likeness (QED) is 0.887. The molecule has 0 aliphatic carbocycles. The fourth-order valence-electron chi connectivity index (χ4n) is 3.05. The molecule has 2 saturated heterocycles. The van der Waals surface area contributed by atoms with Gasteiger partial charge in [-0.1, -0.05) is 12.1 Å². The van der Waals surface area contributed by atoms with Gasteiger partial charge in [-0.3, -0.25) is 4.79 Å². The summed E-state index contributed by atoms with van der Waals surface area (Å²) in [4.78, 5) is 16.8. The van der Waals surface area contributed by atoms with Gasteiger partial charge in [0.15, 0.2) is 0 Å². The molecule has 0 spiro atoms. The topological polar surface area (TPSA) is 35.6 Å². The molecule has 2 fully saturated rings. The number of piperazine rings is 1. The zero-order chi connectivity index (χ0) is 13.9. The molecule has 1 atom stereocenters. The molecule has 4 nitrogen and oxygen atoms in total. The third-order valence-corrected chi connectivity index (χ3v) is 4.39. The van der Waals surface area contributed by atoms with Gasteiger partial charge in [0.2, 0.25) is 0 Å². The van der Waals surface area contributed by atoms with E-state index in [-0.39, 0.29) is 5.91 Å². The maximum atomic E-state index is 12.6. The molecule has 2 aliphatic rings. The summed E-state index contributed by atoms with van der Waals surface area (Å²) in [6.45, 7) is 4.69.